The average molecular weight is 234 g/mol. The highest BCUT2D eigenvalue weighted by Gasteiger charge is 2.49. The van der Waals surface area contributed by atoms with Crippen molar-refractivity contribution in [1.29, 1.82) is 0 Å². The van der Waals surface area contributed by atoms with Crippen molar-refractivity contribution in [2.24, 2.45) is 17.3 Å². The summed E-state index contributed by atoms with van der Waals surface area (Å²) in [5.41, 5.74) is 2.15. The molecule has 2 rings (SSSR count). The highest BCUT2D eigenvalue weighted by atomic mass is 16.4. The molecule has 3 atom stereocenters. The van der Waals surface area contributed by atoms with Gasteiger partial charge in [0, 0.05) is 5.57 Å². The van der Waals surface area contributed by atoms with E-state index in [-0.39, 0.29) is 5.41 Å². The minimum absolute atomic E-state index is 0.262. The molecule has 0 heterocycles. The van der Waals surface area contributed by atoms with Crippen molar-refractivity contribution < 1.29 is 9.90 Å². The van der Waals surface area contributed by atoms with E-state index in [9.17, 15) is 4.79 Å². The zero-order chi connectivity index (χ0) is 12.6. The van der Waals surface area contributed by atoms with E-state index in [2.05, 4.69) is 13.5 Å². The Morgan fingerprint density at radius 2 is 2.29 bits per heavy atom. The van der Waals surface area contributed by atoms with Gasteiger partial charge in [0.05, 0.1) is 0 Å². The Morgan fingerprint density at radius 1 is 1.59 bits per heavy atom. The monoisotopic (exact) mass is 234 g/mol. The maximum atomic E-state index is 10.7. The summed E-state index contributed by atoms with van der Waals surface area (Å²) in [6, 6.07) is 0. The van der Waals surface area contributed by atoms with E-state index < -0.39 is 5.97 Å². The zero-order valence-corrected chi connectivity index (χ0v) is 10.8. The Morgan fingerprint density at radius 3 is 2.82 bits per heavy atom. The number of carbonyl (C=O) groups is 1. The van der Waals surface area contributed by atoms with E-state index in [1.165, 1.54) is 24.8 Å². The lowest BCUT2D eigenvalue weighted by molar-refractivity contribution is -0.132. The summed E-state index contributed by atoms with van der Waals surface area (Å²) in [6.07, 6.45) is 7.74. The molecule has 2 fully saturated rings. The second-order valence-corrected chi connectivity index (χ2v) is 5.88. The van der Waals surface area contributed by atoms with E-state index in [0.717, 1.165) is 24.7 Å². The molecule has 0 saturated heterocycles. The summed E-state index contributed by atoms with van der Waals surface area (Å²) in [6.45, 7) is 8.28. The predicted molar refractivity (Wildman–Crippen MR) is 68.7 cm³/mol. The standard InChI is InChI=1S/C15H22O2/c1-10(14(16)17)5-4-8-15(3)11(2)12-6-7-13(15)9-12/h5,12-13H,2,4,6-9H2,1,3H3,(H,16,17). The largest absolute Gasteiger partial charge is 0.478 e. The fourth-order valence-electron chi connectivity index (χ4n) is 3.65. The summed E-state index contributed by atoms with van der Waals surface area (Å²) >= 11 is 0. The summed E-state index contributed by atoms with van der Waals surface area (Å²) in [4.78, 5) is 10.7. The van der Waals surface area contributed by atoms with E-state index in [0.29, 0.717) is 5.57 Å². The third kappa shape index (κ3) is 2.05. The van der Waals surface area contributed by atoms with Gasteiger partial charge in [0.15, 0.2) is 0 Å². The van der Waals surface area contributed by atoms with Gasteiger partial charge in [-0.1, -0.05) is 25.2 Å². The molecule has 2 bridgehead atoms. The van der Waals surface area contributed by atoms with Gasteiger partial charge in [0.25, 0.3) is 0 Å². The predicted octanol–water partition coefficient (Wildman–Crippen LogP) is 3.79. The minimum Gasteiger partial charge on any atom is -0.478 e. The number of hydrogen-bond acceptors (Lipinski definition) is 1. The number of hydrogen-bond donors (Lipinski definition) is 1. The van der Waals surface area contributed by atoms with Crippen molar-refractivity contribution in [3.63, 3.8) is 0 Å². The Balaban J connectivity index is 1.97. The number of aliphatic carboxylic acids is 1. The third-order valence-corrected chi connectivity index (χ3v) is 5.01. The molecule has 2 heteroatoms. The second-order valence-electron chi connectivity index (χ2n) is 5.88. The van der Waals surface area contributed by atoms with Gasteiger partial charge in [-0.2, -0.15) is 0 Å². The minimum atomic E-state index is -0.804. The first-order chi connectivity index (χ1) is 7.95. The molecule has 94 valence electrons. The van der Waals surface area contributed by atoms with Gasteiger partial charge in [-0.05, 0) is 56.3 Å². The number of rotatable bonds is 4. The molecule has 0 spiro atoms. The molecule has 0 radical (unpaired) electrons. The highest BCUT2D eigenvalue weighted by Crippen LogP contribution is 2.60. The maximum Gasteiger partial charge on any atom is 0.330 e. The molecule has 0 aliphatic heterocycles. The van der Waals surface area contributed by atoms with Crippen LogP contribution in [-0.4, -0.2) is 11.1 Å². The molecular formula is C15H22O2. The lowest BCUT2D eigenvalue weighted by Gasteiger charge is -2.36. The van der Waals surface area contributed by atoms with Gasteiger partial charge in [0.1, 0.15) is 0 Å². The molecule has 0 aromatic rings. The quantitative estimate of drug-likeness (QED) is 0.593. The smallest absolute Gasteiger partial charge is 0.330 e. The zero-order valence-electron chi connectivity index (χ0n) is 10.8. The van der Waals surface area contributed by atoms with Crippen LogP contribution in [-0.2, 0) is 4.79 Å². The summed E-state index contributed by atoms with van der Waals surface area (Å²) in [5.74, 6) is 0.731. The number of allylic oxidation sites excluding steroid dienone is 2. The van der Waals surface area contributed by atoms with E-state index in [1.807, 2.05) is 6.08 Å². The normalized spacial score (nSPS) is 36.6. The average Bonchev–Trinajstić information content (AvgIpc) is 2.83. The Kier molecular flexibility index (Phi) is 3.15. The molecule has 2 aliphatic carbocycles. The topological polar surface area (TPSA) is 37.3 Å². The number of carboxylic acids is 1. The van der Waals surface area contributed by atoms with Crippen LogP contribution in [0.1, 0.15) is 46.0 Å². The Hall–Kier alpha value is -1.05. The van der Waals surface area contributed by atoms with Crippen LogP contribution >= 0.6 is 0 Å². The summed E-state index contributed by atoms with van der Waals surface area (Å²) < 4.78 is 0. The summed E-state index contributed by atoms with van der Waals surface area (Å²) in [5, 5.41) is 8.81. The van der Waals surface area contributed by atoms with Crippen LogP contribution in [0.5, 0.6) is 0 Å². The highest BCUT2D eigenvalue weighted by molar-refractivity contribution is 5.85. The fraction of sp³-hybridized carbons (Fsp3) is 0.667. The Bertz CT molecular complexity index is 380. The van der Waals surface area contributed by atoms with Gasteiger partial charge >= 0.3 is 5.97 Å². The van der Waals surface area contributed by atoms with E-state index in [1.54, 1.807) is 6.92 Å². The van der Waals surface area contributed by atoms with Crippen molar-refractivity contribution in [2.45, 2.75) is 46.0 Å². The van der Waals surface area contributed by atoms with Crippen LogP contribution in [0.3, 0.4) is 0 Å². The van der Waals surface area contributed by atoms with Crippen LogP contribution in [0.25, 0.3) is 0 Å². The maximum absolute atomic E-state index is 10.7. The van der Waals surface area contributed by atoms with Gasteiger partial charge in [0.2, 0.25) is 0 Å². The molecule has 0 amide bonds. The van der Waals surface area contributed by atoms with Crippen LogP contribution in [0.2, 0.25) is 0 Å². The van der Waals surface area contributed by atoms with Crippen molar-refractivity contribution >= 4 is 5.97 Å². The van der Waals surface area contributed by atoms with E-state index in [4.69, 9.17) is 5.11 Å². The molecule has 2 aliphatic rings. The lowest BCUT2D eigenvalue weighted by Crippen LogP contribution is -2.26. The van der Waals surface area contributed by atoms with Gasteiger partial charge in [-0.15, -0.1) is 0 Å². The fourth-order valence-corrected chi connectivity index (χ4v) is 3.65. The third-order valence-electron chi connectivity index (χ3n) is 5.01. The van der Waals surface area contributed by atoms with Crippen molar-refractivity contribution in [3.05, 3.63) is 23.8 Å². The molecule has 0 aromatic heterocycles. The molecule has 2 saturated carbocycles. The molecule has 3 unspecified atom stereocenters. The molecular weight excluding hydrogens is 212 g/mol. The number of fused-ring (bicyclic) bond motifs is 2. The second kappa shape index (κ2) is 4.32. The summed E-state index contributed by atoms with van der Waals surface area (Å²) in [7, 11) is 0. The van der Waals surface area contributed by atoms with Gasteiger partial charge in [-0.25, -0.2) is 4.79 Å². The van der Waals surface area contributed by atoms with Crippen molar-refractivity contribution in [3.8, 4) is 0 Å². The van der Waals surface area contributed by atoms with Crippen molar-refractivity contribution in [2.75, 3.05) is 0 Å². The Labute approximate surface area is 103 Å². The van der Waals surface area contributed by atoms with Crippen LogP contribution in [0, 0.1) is 17.3 Å². The molecule has 17 heavy (non-hydrogen) atoms. The first-order valence-corrected chi connectivity index (χ1v) is 6.54. The number of carboxylic acid groups (broad SMARTS) is 1. The molecule has 1 N–H and O–H groups in total. The van der Waals surface area contributed by atoms with Gasteiger partial charge < -0.3 is 5.11 Å². The molecule has 0 aromatic carbocycles. The lowest BCUT2D eigenvalue weighted by atomic mass is 9.69. The van der Waals surface area contributed by atoms with Crippen LogP contribution < -0.4 is 0 Å². The van der Waals surface area contributed by atoms with E-state index >= 15 is 0 Å². The first-order valence-electron chi connectivity index (χ1n) is 6.54. The van der Waals surface area contributed by atoms with Crippen LogP contribution in [0.15, 0.2) is 23.8 Å². The van der Waals surface area contributed by atoms with Crippen LogP contribution in [0.4, 0.5) is 0 Å². The van der Waals surface area contributed by atoms with Gasteiger partial charge in [-0.3, -0.25) is 0 Å². The SMILES string of the molecule is C=C1C2CCC(C2)C1(C)CCC=C(C)C(=O)O. The van der Waals surface area contributed by atoms with Crippen molar-refractivity contribution in [1.82, 2.24) is 0 Å². The first kappa shape index (κ1) is 12.4. The molecule has 2 nitrogen and oxygen atoms in total.